The molecule has 0 aromatic heterocycles. The summed E-state index contributed by atoms with van der Waals surface area (Å²) >= 11 is 0. The SMILES string of the molecule is Cc1cccc(CN2CCCCCOc3ccc(C)cc3Cc3cccc(c3)C2)c1. The smallest absolute Gasteiger partial charge is 0.122 e. The monoisotopic (exact) mass is 399 g/mol. The summed E-state index contributed by atoms with van der Waals surface area (Å²) < 4.78 is 6.18. The minimum atomic E-state index is 0.800. The zero-order valence-electron chi connectivity index (χ0n) is 18.4. The Hall–Kier alpha value is -2.58. The average Bonchev–Trinajstić information content (AvgIpc) is 2.71. The lowest BCUT2D eigenvalue weighted by molar-refractivity contribution is 0.243. The third-order valence-electron chi connectivity index (χ3n) is 5.87. The van der Waals surface area contributed by atoms with Gasteiger partial charge in [0.2, 0.25) is 0 Å². The van der Waals surface area contributed by atoms with Gasteiger partial charge in [0.15, 0.2) is 0 Å². The van der Waals surface area contributed by atoms with E-state index in [9.17, 15) is 0 Å². The van der Waals surface area contributed by atoms with Crippen LogP contribution in [0.4, 0.5) is 0 Å². The summed E-state index contributed by atoms with van der Waals surface area (Å²) in [6.45, 7) is 8.26. The van der Waals surface area contributed by atoms with Crippen LogP contribution in [-0.2, 0) is 19.5 Å². The average molecular weight is 400 g/mol. The highest BCUT2D eigenvalue weighted by atomic mass is 16.5. The Labute approximate surface area is 181 Å². The Morgan fingerprint density at radius 3 is 2.53 bits per heavy atom. The predicted octanol–water partition coefficient (Wildman–Crippen LogP) is 6.46. The maximum Gasteiger partial charge on any atom is 0.122 e. The Kier molecular flexibility index (Phi) is 6.86. The van der Waals surface area contributed by atoms with E-state index in [-0.39, 0.29) is 0 Å². The Bertz CT molecular complexity index is 978. The van der Waals surface area contributed by atoms with Gasteiger partial charge >= 0.3 is 0 Å². The van der Waals surface area contributed by atoms with Crippen LogP contribution in [0.3, 0.4) is 0 Å². The van der Waals surface area contributed by atoms with Gasteiger partial charge in [-0.3, -0.25) is 4.90 Å². The first-order valence-corrected chi connectivity index (χ1v) is 11.2. The molecule has 3 aromatic rings. The fourth-order valence-corrected chi connectivity index (χ4v) is 4.38. The van der Waals surface area contributed by atoms with E-state index in [0.29, 0.717) is 0 Å². The standard InChI is InChI=1S/C28H33NO/c1-22-8-6-10-25(16-22)20-29-14-4-3-5-15-30-28-13-12-23(2)17-27(28)19-24-9-7-11-26(18-24)21-29/h6-13,16-18H,3-5,14-15,19-21H2,1-2H3. The van der Waals surface area contributed by atoms with Gasteiger partial charge in [-0.25, -0.2) is 0 Å². The van der Waals surface area contributed by atoms with Crippen LogP contribution in [0, 0.1) is 13.8 Å². The van der Waals surface area contributed by atoms with Gasteiger partial charge in [0.1, 0.15) is 5.75 Å². The van der Waals surface area contributed by atoms with Crippen molar-refractivity contribution in [2.75, 3.05) is 13.2 Å². The van der Waals surface area contributed by atoms with Crippen LogP contribution < -0.4 is 4.74 Å². The van der Waals surface area contributed by atoms with Crippen LogP contribution >= 0.6 is 0 Å². The summed E-state index contributed by atoms with van der Waals surface area (Å²) in [6, 6.07) is 24.6. The molecular formula is C28H33NO. The zero-order valence-corrected chi connectivity index (χ0v) is 18.4. The first-order valence-electron chi connectivity index (χ1n) is 11.2. The minimum absolute atomic E-state index is 0.800. The molecule has 0 aliphatic carbocycles. The molecule has 1 aliphatic rings. The second-order valence-corrected chi connectivity index (χ2v) is 8.72. The largest absolute Gasteiger partial charge is 0.493 e. The molecule has 0 fully saturated rings. The number of aryl methyl sites for hydroxylation is 2. The van der Waals surface area contributed by atoms with E-state index in [2.05, 4.69) is 85.5 Å². The molecular weight excluding hydrogens is 366 g/mol. The second-order valence-electron chi connectivity index (χ2n) is 8.72. The summed E-state index contributed by atoms with van der Waals surface area (Å²) in [5.74, 6) is 1.05. The van der Waals surface area contributed by atoms with Crippen LogP contribution in [0.15, 0.2) is 66.7 Å². The maximum absolute atomic E-state index is 6.18. The van der Waals surface area contributed by atoms with Gasteiger partial charge in [0.25, 0.3) is 0 Å². The molecule has 2 bridgehead atoms. The molecule has 2 nitrogen and oxygen atoms in total. The molecule has 0 unspecified atom stereocenters. The molecule has 0 N–H and O–H groups in total. The van der Waals surface area contributed by atoms with Crippen LogP contribution in [0.5, 0.6) is 5.75 Å². The third kappa shape index (κ3) is 5.73. The van der Waals surface area contributed by atoms with Crippen LogP contribution in [0.1, 0.15) is 52.6 Å². The van der Waals surface area contributed by atoms with Crippen molar-refractivity contribution >= 4 is 0 Å². The van der Waals surface area contributed by atoms with Crippen molar-refractivity contribution in [2.45, 2.75) is 52.6 Å². The van der Waals surface area contributed by atoms with Crippen molar-refractivity contribution in [3.05, 3.63) is 100 Å². The molecule has 0 spiro atoms. The van der Waals surface area contributed by atoms with E-state index >= 15 is 0 Å². The van der Waals surface area contributed by atoms with Crippen molar-refractivity contribution in [1.82, 2.24) is 4.90 Å². The number of hydrogen-bond donors (Lipinski definition) is 0. The summed E-state index contributed by atoms with van der Waals surface area (Å²) in [4.78, 5) is 2.60. The molecule has 4 rings (SSSR count). The summed E-state index contributed by atoms with van der Waals surface area (Å²) in [7, 11) is 0. The van der Waals surface area contributed by atoms with Gasteiger partial charge < -0.3 is 4.74 Å². The molecule has 3 aromatic carbocycles. The molecule has 0 amide bonds. The predicted molar refractivity (Wildman–Crippen MR) is 125 cm³/mol. The molecule has 0 atom stereocenters. The van der Waals surface area contributed by atoms with E-state index in [4.69, 9.17) is 4.74 Å². The Balaban J connectivity index is 1.58. The van der Waals surface area contributed by atoms with Crippen molar-refractivity contribution in [3.8, 4) is 5.75 Å². The van der Waals surface area contributed by atoms with Crippen LogP contribution in [0.25, 0.3) is 0 Å². The number of benzene rings is 3. The highest BCUT2D eigenvalue weighted by molar-refractivity contribution is 5.41. The molecule has 156 valence electrons. The first kappa shape index (κ1) is 20.7. The van der Waals surface area contributed by atoms with Crippen molar-refractivity contribution in [3.63, 3.8) is 0 Å². The van der Waals surface area contributed by atoms with E-state index in [1.54, 1.807) is 0 Å². The molecule has 0 radical (unpaired) electrons. The Morgan fingerprint density at radius 1 is 0.800 bits per heavy atom. The maximum atomic E-state index is 6.18. The van der Waals surface area contributed by atoms with Gasteiger partial charge in [-0.1, -0.05) is 71.8 Å². The van der Waals surface area contributed by atoms with Gasteiger partial charge in [-0.15, -0.1) is 0 Å². The minimum Gasteiger partial charge on any atom is -0.493 e. The van der Waals surface area contributed by atoms with E-state index in [1.807, 2.05) is 0 Å². The number of fused-ring (bicyclic) bond motifs is 3. The normalized spacial score (nSPS) is 15.7. The first-order chi connectivity index (χ1) is 14.7. The van der Waals surface area contributed by atoms with Gasteiger partial charge in [-0.2, -0.15) is 0 Å². The summed E-state index contributed by atoms with van der Waals surface area (Å²) in [5, 5.41) is 0. The lowest BCUT2D eigenvalue weighted by Crippen LogP contribution is -2.24. The van der Waals surface area contributed by atoms with Crippen molar-refractivity contribution < 1.29 is 4.74 Å². The third-order valence-corrected chi connectivity index (χ3v) is 5.87. The van der Waals surface area contributed by atoms with Crippen molar-refractivity contribution in [1.29, 1.82) is 0 Å². The fourth-order valence-electron chi connectivity index (χ4n) is 4.38. The second kappa shape index (κ2) is 9.95. The fraction of sp³-hybridized carbons (Fsp3) is 0.357. The lowest BCUT2D eigenvalue weighted by atomic mass is 10.00. The quantitative estimate of drug-likeness (QED) is 0.490. The highest BCUT2D eigenvalue weighted by Gasteiger charge is 2.11. The van der Waals surface area contributed by atoms with E-state index in [1.165, 1.54) is 46.2 Å². The lowest BCUT2D eigenvalue weighted by Gasteiger charge is -2.24. The number of hydrogen-bond acceptors (Lipinski definition) is 2. The van der Waals surface area contributed by atoms with E-state index < -0.39 is 0 Å². The number of ether oxygens (including phenoxy) is 1. The van der Waals surface area contributed by atoms with Crippen LogP contribution in [0.2, 0.25) is 0 Å². The van der Waals surface area contributed by atoms with Gasteiger partial charge in [0.05, 0.1) is 6.61 Å². The zero-order chi connectivity index (χ0) is 20.8. The van der Waals surface area contributed by atoms with Crippen LogP contribution in [-0.4, -0.2) is 18.1 Å². The topological polar surface area (TPSA) is 12.5 Å². The van der Waals surface area contributed by atoms with Gasteiger partial charge in [-0.05, 0) is 68.0 Å². The summed E-state index contributed by atoms with van der Waals surface area (Å²) in [5.41, 5.74) is 8.07. The highest BCUT2D eigenvalue weighted by Crippen LogP contribution is 2.25. The molecule has 1 aliphatic heterocycles. The Morgan fingerprint density at radius 2 is 1.63 bits per heavy atom. The molecule has 0 saturated carbocycles. The number of nitrogens with zero attached hydrogens (tertiary/aromatic N) is 1. The van der Waals surface area contributed by atoms with Crippen molar-refractivity contribution in [2.24, 2.45) is 0 Å². The molecule has 30 heavy (non-hydrogen) atoms. The molecule has 1 heterocycles. The number of rotatable bonds is 2. The van der Waals surface area contributed by atoms with Gasteiger partial charge in [0, 0.05) is 19.5 Å². The summed E-state index contributed by atoms with van der Waals surface area (Å²) in [6.07, 6.45) is 4.43. The molecule has 2 heteroatoms. The van der Waals surface area contributed by atoms with E-state index in [0.717, 1.165) is 44.8 Å². The molecule has 0 saturated heterocycles.